The van der Waals surface area contributed by atoms with Crippen molar-refractivity contribution in [2.45, 2.75) is 130 Å². The molecule has 0 saturated heterocycles. The van der Waals surface area contributed by atoms with Crippen LogP contribution in [-0.4, -0.2) is 18.5 Å². The Morgan fingerprint density at radius 3 is 1.46 bits per heavy atom. The average Bonchev–Trinajstić information content (AvgIpc) is 2.52. The van der Waals surface area contributed by atoms with Gasteiger partial charge in [0.05, 0.1) is 0 Å². The second kappa shape index (κ2) is 14.9. The third kappa shape index (κ3) is 16.1. The molecule has 0 aromatic carbocycles. The van der Waals surface area contributed by atoms with Crippen LogP contribution in [0.1, 0.15) is 124 Å². The topological polar surface area (TPSA) is 66.4 Å². The number of nitrogens with one attached hydrogen (secondary N) is 1. The van der Waals surface area contributed by atoms with Crippen LogP contribution in [0.4, 0.5) is 0 Å². The van der Waals surface area contributed by atoms with Gasteiger partial charge in [-0.15, -0.1) is 0 Å². The van der Waals surface area contributed by atoms with Crippen LogP contribution in [-0.2, 0) is 10.3 Å². The fourth-order valence-electron chi connectivity index (χ4n) is 3.44. The van der Waals surface area contributed by atoms with Crippen LogP contribution in [0.15, 0.2) is 0 Å². The van der Waals surface area contributed by atoms with E-state index in [0.717, 1.165) is 12.8 Å². The normalized spacial score (nSPS) is 13.9. The first-order valence-electron chi connectivity index (χ1n) is 11.0. The van der Waals surface area contributed by atoms with Crippen molar-refractivity contribution in [3.05, 3.63) is 0 Å². The molecule has 0 aliphatic rings. The minimum atomic E-state index is -4.14. The van der Waals surface area contributed by atoms with Gasteiger partial charge in [0.1, 0.15) is 0 Å². The zero-order chi connectivity index (χ0) is 19.9. The van der Waals surface area contributed by atoms with E-state index in [2.05, 4.69) is 11.6 Å². The molecule has 1 unspecified atom stereocenters. The van der Waals surface area contributed by atoms with Crippen LogP contribution in [0.3, 0.4) is 0 Å². The molecule has 5 heteroatoms. The lowest BCUT2D eigenvalue weighted by atomic mass is 9.86. The van der Waals surface area contributed by atoms with Gasteiger partial charge in [-0.25, -0.2) is 0 Å². The lowest BCUT2D eigenvalue weighted by Gasteiger charge is -2.31. The summed E-state index contributed by atoms with van der Waals surface area (Å²) in [5, 5.41) is 0. The highest BCUT2D eigenvalue weighted by molar-refractivity contribution is 7.83. The smallest absolute Gasteiger partial charge is 0.273 e. The van der Waals surface area contributed by atoms with Gasteiger partial charge >= 0.3 is 10.3 Å². The lowest BCUT2D eigenvalue weighted by Crippen LogP contribution is -2.47. The highest BCUT2D eigenvalue weighted by atomic mass is 32.2. The number of unbranched alkanes of at least 4 members (excludes halogenated alkanes) is 13. The van der Waals surface area contributed by atoms with Gasteiger partial charge in [-0.1, -0.05) is 104 Å². The van der Waals surface area contributed by atoms with E-state index >= 15 is 0 Å². The van der Waals surface area contributed by atoms with Gasteiger partial charge in [0.2, 0.25) is 0 Å². The predicted molar refractivity (Wildman–Crippen MR) is 113 cm³/mol. The van der Waals surface area contributed by atoms with E-state index in [9.17, 15) is 8.42 Å². The van der Waals surface area contributed by atoms with Gasteiger partial charge in [0.15, 0.2) is 0 Å². The van der Waals surface area contributed by atoms with Crippen LogP contribution < -0.4 is 4.72 Å². The predicted octanol–water partition coefficient (Wildman–Crippen LogP) is 6.66. The summed E-state index contributed by atoms with van der Waals surface area (Å²) in [5.41, 5.74) is -0.607. The molecule has 0 fully saturated rings. The average molecular weight is 392 g/mol. The van der Waals surface area contributed by atoms with Crippen LogP contribution in [0, 0.1) is 5.92 Å². The maximum absolute atomic E-state index is 11.0. The molecule has 26 heavy (non-hydrogen) atoms. The molecular weight excluding hydrogens is 346 g/mol. The molecule has 0 amide bonds. The molecule has 0 aromatic rings. The monoisotopic (exact) mass is 391 g/mol. The Balaban J connectivity index is 3.45. The van der Waals surface area contributed by atoms with Crippen LogP contribution in [0.5, 0.6) is 0 Å². The first-order valence-corrected chi connectivity index (χ1v) is 12.4. The van der Waals surface area contributed by atoms with E-state index in [1.807, 2.05) is 20.8 Å². The molecule has 158 valence electrons. The molecule has 2 N–H and O–H groups in total. The molecule has 1 atom stereocenters. The molecular formula is C21H45NO3S. The quantitative estimate of drug-likeness (QED) is 0.203. The summed E-state index contributed by atoms with van der Waals surface area (Å²) in [6.45, 7) is 7.97. The summed E-state index contributed by atoms with van der Waals surface area (Å²) in [7, 11) is -4.14. The third-order valence-electron chi connectivity index (χ3n) is 5.61. The fraction of sp³-hybridized carbons (Fsp3) is 1.00. The van der Waals surface area contributed by atoms with E-state index < -0.39 is 15.8 Å². The van der Waals surface area contributed by atoms with Crippen molar-refractivity contribution in [1.82, 2.24) is 4.72 Å². The van der Waals surface area contributed by atoms with Crippen molar-refractivity contribution in [1.29, 1.82) is 0 Å². The minimum Gasteiger partial charge on any atom is -0.273 e. The summed E-state index contributed by atoms with van der Waals surface area (Å²) in [4.78, 5) is 0. The van der Waals surface area contributed by atoms with Crippen LogP contribution in [0.2, 0.25) is 0 Å². The van der Waals surface area contributed by atoms with Gasteiger partial charge in [0.25, 0.3) is 0 Å². The second-order valence-electron chi connectivity index (χ2n) is 8.58. The van der Waals surface area contributed by atoms with E-state index in [-0.39, 0.29) is 5.92 Å². The SMILES string of the molecule is CCCCCCCCCCCCCCCCC(C)C(C)(C)NS(=O)(=O)O. The molecule has 0 aliphatic carbocycles. The summed E-state index contributed by atoms with van der Waals surface area (Å²) in [6.07, 6.45) is 19.8. The Labute approximate surface area is 163 Å². The first-order chi connectivity index (χ1) is 12.2. The third-order valence-corrected chi connectivity index (χ3v) is 6.40. The molecule has 0 spiro atoms. The Bertz CT molecular complexity index is 421. The fourth-order valence-corrected chi connectivity index (χ4v) is 4.30. The zero-order valence-corrected chi connectivity index (χ0v) is 18.7. The molecule has 0 heterocycles. The Kier molecular flexibility index (Phi) is 14.8. The van der Waals surface area contributed by atoms with Gasteiger partial charge < -0.3 is 0 Å². The maximum atomic E-state index is 11.0. The summed E-state index contributed by atoms with van der Waals surface area (Å²) in [6, 6.07) is 0. The van der Waals surface area contributed by atoms with E-state index in [1.165, 1.54) is 83.5 Å². The Morgan fingerprint density at radius 1 is 0.769 bits per heavy atom. The molecule has 0 aliphatic heterocycles. The summed E-state index contributed by atoms with van der Waals surface area (Å²) in [5.74, 6) is 0.196. The van der Waals surface area contributed by atoms with Crippen LogP contribution >= 0.6 is 0 Å². The zero-order valence-electron chi connectivity index (χ0n) is 17.9. The van der Waals surface area contributed by atoms with Gasteiger partial charge in [-0.05, 0) is 26.2 Å². The van der Waals surface area contributed by atoms with Gasteiger partial charge in [-0.2, -0.15) is 13.1 Å². The number of hydrogen-bond acceptors (Lipinski definition) is 2. The molecule has 0 rings (SSSR count). The van der Waals surface area contributed by atoms with Crippen molar-refractivity contribution in [3.8, 4) is 0 Å². The van der Waals surface area contributed by atoms with Crippen molar-refractivity contribution in [3.63, 3.8) is 0 Å². The molecule has 4 nitrogen and oxygen atoms in total. The van der Waals surface area contributed by atoms with Crippen molar-refractivity contribution < 1.29 is 13.0 Å². The molecule has 0 radical (unpaired) electrons. The van der Waals surface area contributed by atoms with E-state index in [0.29, 0.717) is 0 Å². The highest BCUT2D eigenvalue weighted by Gasteiger charge is 2.29. The first kappa shape index (κ1) is 25.9. The van der Waals surface area contributed by atoms with Crippen molar-refractivity contribution in [2.75, 3.05) is 0 Å². The minimum absolute atomic E-state index is 0.196. The Hall–Kier alpha value is -0.130. The standard InChI is InChI=1S/C21H45NO3S/c1-5-6-7-8-9-10-11-12-13-14-15-16-17-18-19-20(2)21(3,4)22-26(23,24)25/h20,22H,5-19H2,1-4H3,(H,23,24,25). The van der Waals surface area contributed by atoms with Crippen molar-refractivity contribution in [2.24, 2.45) is 5.92 Å². The summed E-state index contributed by atoms with van der Waals surface area (Å²) >= 11 is 0. The van der Waals surface area contributed by atoms with Gasteiger partial charge in [0, 0.05) is 5.54 Å². The van der Waals surface area contributed by atoms with E-state index in [4.69, 9.17) is 4.55 Å². The highest BCUT2D eigenvalue weighted by Crippen LogP contribution is 2.23. The molecule has 0 bridgehead atoms. The lowest BCUT2D eigenvalue weighted by molar-refractivity contribution is 0.279. The van der Waals surface area contributed by atoms with Crippen LogP contribution in [0.25, 0.3) is 0 Å². The Morgan fingerprint density at radius 2 is 1.12 bits per heavy atom. The second-order valence-corrected chi connectivity index (χ2v) is 9.74. The molecule has 0 aromatic heterocycles. The number of rotatable bonds is 18. The van der Waals surface area contributed by atoms with E-state index in [1.54, 1.807) is 0 Å². The number of hydrogen-bond donors (Lipinski definition) is 2. The summed E-state index contributed by atoms with van der Waals surface area (Å²) < 4.78 is 33.3. The van der Waals surface area contributed by atoms with Gasteiger partial charge in [-0.3, -0.25) is 4.55 Å². The van der Waals surface area contributed by atoms with Crippen molar-refractivity contribution >= 4 is 10.3 Å². The molecule has 0 saturated carbocycles. The maximum Gasteiger partial charge on any atom is 0.333 e. The largest absolute Gasteiger partial charge is 0.333 e.